The minimum absolute atomic E-state index is 0.0324. The molecule has 8 heavy (non-hydrogen) atoms. The summed E-state index contributed by atoms with van der Waals surface area (Å²) in [6.07, 6.45) is 0. The van der Waals surface area contributed by atoms with Crippen molar-refractivity contribution >= 4 is 5.78 Å². The van der Waals surface area contributed by atoms with Crippen molar-refractivity contribution < 1.29 is 4.79 Å². The van der Waals surface area contributed by atoms with Crippen LogP contribution >= 0.6 is 0 Å². The fraction of sp³-hybridized carbons (Fsp3) is 0.800. The van der Waals surface area contributed by atoms with E-state index in [-0.39, 0.29) is 12.3 Å². The summed E-state index contributed by atoms with van der Waals surface area (Å²) in [6, 6.07) is 0. The van der Waals surface area contributed by atoms with Gasteiger partial charge in [0.2, 0.25) is 0 Å². The molecule has 0 aliphatic heterocycles. The van der Waals surface area contributed by atoms with E-state index in [9.17, 15) is 4.79 Å². The molecule has 0 aromatic heterocycles. The number of nitrogens with zero attached hydrogens (tertiary/aromatic N) is 1. The molecule has 0 rings (SSSR count). The van der Waals surface area contributed by atoms with Gasteiger partial charge in [0.25, 0.3) is 0 Å². The van der Waals surface area contributed by atoms with E-state index in [4.69, 9.17) is 5.73 Å². The van der Waals surface area contributed by atoms with Crippen LogP contribution in [0.1, 0.15) is 0 Å². The zero-order chi connectivity index (χ0) is 6.57. The molecule has 47 valence electrons. The first-order valence-corrected chi connectivity index (χ1v) is 2.48. The Labute approximate surface area is 49.5 Å². The largest absolute Gasteiger partial charge is 0.302 e. The van der Waals surface area contributed by atoms with Gasteiger partial charge in [-0.25, -0.2) is 5.73 Å². The van der Waals surface area contributed by atoms with Crippen LogP contribution in [0.4, 0.5) is 0 Å². The monoisotopic (exact) mass is 115 g/mol. The Bertz CT molecular complexity index is 80.5. The molecule has 0 spiro atoms. The van der Waals surface area contributed by atoms with E-state index in [2.05, 4.69) is 0 Å². The van der Waals surface area contributed by atoms with Gasteiger partial charge in [0.15, 0.2) is 5.78 Å². The molecule has 0 unspecified atom stereocenters. The topological polar surface area (TPSA) is 44.1 Å². The Balaban J connectivity index is 3.25. The van der Waals surface area contributed by atoms with E-state index >= 15 is 0 Å². The number of carbonyl (C=O) groups is 1. The van der Waals surface area contributed by atoms with Crippen LogP contribution in [0.3, 0.4) is 0 Å². The van der Waals surface area contributed by atoms with Crippen molar-refractivity contribution in [3.05, 3.63) is 0 Å². The minimum atomic E-state index is -0.0990. The minimum Gasteiger partial charge on any atom is -0.302 e. The van der Waals surface area contributed by atoms with Gasteiger partial charge in [0.1, 0.15) is 0 Å². The van der Waals surface area contributed by atoms with E-state index in [1.54, 1.807) is 4.90 Å². The number of hydrogen-bond donors (Lipinski definition) is 0. The lowest BCUT2D eigenvalue weighted by atomic mass is 10.4. The Kier molecular flexibility index (Phi) is 3.39. The molecule has 0 atom stereocenters. The van der Waals surface area contributed by atoms with E-state index in [0.717, 1.165) is 0 Å². The lowest BCUT2D eigenvalue weighted by molar-refractivity contribution is -0.118. The van der Waals surface area contributed by atoms with Crippen LogP contribution in [0.5, 0.6) is 0 Å². The quantitative estimate of drug-likeness (QED) is 0.493. The van der Waals surface area contributed by atoms with Crippen LogP contribution in [-0.4, -0.2) is 37.9 Å². The standard InChI is InChI=1S/C5H11N2O/c1-7(2)4-5(8)3-6/h6H,3-4H2,1-2H3. The molecule has 0 fully saturated rings. The second-order valence-electron chi connectivity index (χ2n) is 1.95. The maximum atomic E-state index is 10.4. The third-order valence-corrected chi connectivity index (χ3v) is 0.690. The highest BCUT2D eigenvalue weighted by Gasteiger charge is 1.97. The van der Waals surface area contributed by atoms with Gasteiger partial charge in [0, 0.05) is 0 Å². The molecule has 0 amide bonds. The van der Waals surface area contributed by atoms with Crippen LogP contribution in [0.25, 0.3) is 0 Å². The summed E-state index contributed by atoms with van der Waals surface area (Å²) in [5.41, 5.74) is 6.63. The van der Waals surface area contributed by atoms with Crippen LogP contribution in [0.2, 0.25) is 0 Å². The summed E-state index contributed by atoms with van der Waals surface area (Å²) < 4.78 is 0. The molecule has 0 aromatic rings. The van der Waals surface area contributed by atoms with Crippen LogP contribution in [0.15, 0.2) is 0 Å². The van der Waals surface area contributed by atoms with Crippen molar-refractivity contribution in [2.45, 2.75) is 0 Å². The van der Waals surface area contributed by atoms with Gasteiger partial charge < -0.3 is 4.90 Å². The van der Waals surface area contributed by atoms with Gasteiger partial charge in [-0.3, -0.25) is 4.79 Å². The van der Waals surface area contributed by atoms with Crippen molar-refractivity contribution in [1.29, 1.82) is 0 Å². The molecule has 0 saturated heterocycles. The predicted molar refractivity (Wildman–Crippen MR) is 31.5 cm³/mol. The number of Topliss-reactive ketones (excluding diaryl/α,β-unsaturated/α-hetero) is 1. The summed E-state index contributed by atoms with van der Waals surface area (Å²) in [5, 5.41) is 0. The molecule has 0 bridgehead atoms. The highest BCUT2D eigenvalue weighted by atomic mass is 16.1. The van der Waals surface area contributed by atoms with E-state index < -0.39 is 0 Å². The number of carbonyl (C=O) groups excluding carboxylic acids is 1. The smallest absolute Gasteiger partial charge is 0.161 e. The molecular formula is C5H11N2O. The summed E-state index contributed by atoms with van der Waals surface area (Å²) >= 11 is 0. The summed E-state index contributed by atoms with van der Waals surface area (Å²) in [4.78, 5) is 12.2. The van der Waals surface area contributed by atoms with E-state index in [1.807, 2.05) is 14.1 Å². The van der Waals surface area contributed by atoms with Crippen LogP contribution in [0, 0.1) is 0 Å². The maximum Gasteiger partial charge on any atom is 0.161 e. The van der Waals surface area contributed by atoms with Crippen molar-refractivity contribution in [3.63, 3.8) is 0 Å². The number of likely N-dealkylation sites (N-methyl/N-ethyl adjacent to an activating group) is 1. The van der Waals surface area contributed by atoms with Crippen molar-refractivity contribution in [1.82, 2.24) is 10.6 Å². The zero-order valence-electron chi connectivity index (χ0n) is 5.27. The SMILES string of the molecule is CN(C)CC(=O)C[NH]. The Morgan fingerprint density at radius 2 is 2.12 bits per heavy atom. The Morgan fingerprint density at radius 1 is 1.62 bits per heavy atom. The normalized spacial score (nSPS) is 10.0. The first kappa shape index (κ1) is 7.59. The van der Waals surface area contributed by atoms with Crippen molar-refractivity contribution in [3.8, 4) is 0 Å². The average molecular weight is 115 g/mol. The number of hydrogen-bond acceptors (Lipinski definition) is 2. The van der Waals surface area contributed by atoms with Crippen molar-refractivity contribution in [2.75, 3.05) is 27.2 Å². The lowest BCUT2D eigenvalue weighted by Crippen LogP contribution is -2.24. The molecular weight excluding hydrogens is 104 g/mol. The van der Waals surface area contributed by atoms with Gasteiger partial charge in [-0.05, 0) is 14.1 Å². The number of ketones is 1. The first-order chi connectivity index (χ1) is 3.66. The molecule has 1 N–H and O–H groups in total. The number of nitrogens with one attached hydrogen (secondary N) is 1. The highest BCUT2D eigenvalue weighted by Crippen LogP contribution is 1.73. The summed E-state index contributed by atoms with van der Waals surface area (Å²) in [5.74, 6) is -0.0324. The Morgan fingerprint density at radius 3 is 2.25 bits per heavy atom. The third kappa shape index (κ3) is 3.77. The fourth-order valence-electron chi connectivity index (χ4n) is 0.409. The molecule has 0 aliphatic carbocycles. The number of rotatable bonds is 3. The van der Waals surface area contributed by atoms with Gasteiger partial charge in [-0.1, -0.05) is 0 Å². The van der Waals surface area contributed by atoms with Gasteiger partial charge in [0.05, 0.1) is 13.1 Å². The first-order valence-electron chi connectivity index (χ1n) is 2.48. The lowest BCUT2D eigenvalue weighted by Gasteiger charge is -2.04. The average Bonchev–Trinajstić information content (AvgIpc) is 1.65. The molecule has 0 heterocycles. The van der Waals surface area contributed by atoms with Gasteiger partial charge >= 0.3 is 0 Å². The van der Waals surface area contributed by atoms with E-state index in [1.165, 1.54) is 0 Å². The molecule has 0 aliphatic rings. The zero-order valence-corrected chi connectivity index (χ0v) is 5.27. The second kappa shape index (κ2) is 3.57. The second-order valence-corrected chi connectivity index (χ2v) is 1.95. The molecule has 0 saturated carbocycles. The third-order valence-electron chi connectivity index (χ3n) is 0.690. The van der Waals surface area contributed by atoms with Crippen LogP contribution in [-0.2, 0) is 4.79 Å². The van der Waals surface area contributed by atoms with E-state index in [0.29, 0.717) is 6.54 Å². The van der Waals surface area contributed by atoms with Crippen molar-refractivity contribution in [2.24, 2.45) is 0 Å². The van der Waals surface area contributed by atoms with Gasteiger partial charge in [-0.2, -0.15) is 0 Å². The van der Waals surface area contributed by atoms with Crippen LogP contribution < -0.4 is 5.73 Å². The van der Waals surface area contributed by atoms with Gasteiger partial charge in [-0.15, -0.1) is 0 Å². The summed E-state index contributed by atoms with van der Waals surface area (Å²) in [7, 11) is 3.63. The fourth-order valence-corrected chi connectivity index (χ4v) is 0.409. The Hall–Kier alpha value is -0.410. The molecule has 1 radical (unpaired) electrons. The highest BCUT2D eigenvalue weighted by molar-refractivity contribution is 5.81. The molecule has 3 nitrogen and oxygen atoms in total. The molecule has 0 aromatic carbocycles. The summed E-state index contributed by atoms with van der Waals surface area (Å²) in [6.45, 7) is 0.293. The molecule has 3 heteroatoms. The maximum absolute atomic E-state index is 10.4. The predicted octanol–water partition coefficient (Wildman–Crippen LogP) is -0.600.